The number of amides is 1. The van der Waals surface area contributed by atoms with Gasteiger partial charge in [-0.2, -0.15) is 0 Å². The van der Waals surface area contributed by atoms with E-state index in [1.165, 1.54) is 37.0 Å². The summed E-state index contributed by atoms with van der Waals surface area (Å²) in [7, 11) is 0. The maximum atomic E-state index is 12.3. The van der Waals surface area contributed by atoms with E-state index in [1.807, 2.05) is 32.2 Å². The average molecular weight is 418 g/mol. The van der Waals surface area contributed by atoms with Crippen LogP contribution in [-0.4, -0.2) is 16.9 Å². The number of hydrogen-bond acceptors (Lipinski definition) is 4. The highest BCUT2D eigenvalue weighted by Crippen LogP contribution is 2.23. The fourth-order valence-electron chi connectivity index (χ4n) is 3.65. The lowest BCUT2D eigenvalue weighted by molar-refractivity contribution is 0.0950. The van der Waals surface area contributed by atoms with Crippen LogP contribution in [0.1, 0.15) is 83.1 Å². The molecule has 1 saturated carbocycles. The molecule has 0 aromatic carbocycles. The van der Waals surface area contributed by atoms with E-state index in [9.17, 15) is 9.59 Å². The fourth-order valence-corrected chi connectivity index (χ4v) is 4.81. The van der Waals surface area contributed by atoms with Crippen molar-refractivity contribution in [2.75, 3.05) is 0 Å². The number of nitrogens with two attached hydrogens (primary N) is 1. The first-order valence-corrected chi connectivity index (χ1v) is 11.5. The van der Waals surface area contributed by atoms with Crippen LogP contribution in [0.5, 0.6) is 0 Å². The first kappa shape index (κ1) is 23.4. The average Bonchev–Trinajstić information content (AvgIpc) is 3.03. The zero-order valence-corrected chi connectivity index (χ0v) is 19.0. The van der Waals surface area contributed by atoms with Crippen LogP contribution >= 0.6 is 11.3 Å². The van der Waals surface area contributed by atoms with Gasteiger partial charge in [-0.3, -0.25) is 9.59 Å². The highest BCUT2D eigenvalue weighted by Gasteiger charge is 2.15. The number of aryl methyl sites for hydroxylation is 3. The second kappa shape index (κ2) is 11.3. The van der Waals surface area contributed by atoms with Crippen molar-refractivity contribution in [2.24, 2.45) is 5.73 Å². The Morgan fingerprint density at radius 1 is 1.24 bits per heavy atom. The third-order valence-electron chi connectivity index (χ3n) is 5.43. The first-order valence-electron chi connectivity index (χ1n) is 10.6. The molecule has 6 heteroatoms. The second-order valence-electron chi connectivity index (χ2n) is 7.97. The third kappa shape index (κ3) is 6.82. The molecule has 3 rings (SSSR count). The number of aromatic nitrogens is 1. The van der Waals surface area contributed by atoms with Crippen LogP contribution in [0, 0.1) is 20.8 Å². The van der Waals surface area contributed by atoms with E-state index in [0.29, 0.717) is 11.6 Å². The topological polar surface area (TPSA) is 88.0 Å². The molecule has 1 amide bonds. The van der Waals surface area contributed by atoms with Gasteiger partial charge in [0.25, 0.3) is 11.5 Å². The summed E-state index contributed by atoms with van der Waals surface area (Å²) in [5, 5.41) is 4.77. The molecule has 160 valence electrons. The van der Waals surface area contributed by atoms with E-state index in [1.54, 1.807) is 11.3 Å². The zero-order chi connectivity index (χ0) is 21.4. The fraction of sp³-hybridized carbons (Fsp3) is 0.565. The highest BCUT2D eigenvalue weighted by molar-refractivity contribution is 7.10. The molecular formula is C23H35N3O2S. The Balaban J connectivity index is 0.000000360. The van der Waals surface area contributed by atoms with Crippen molar-refractivity contribution in [3.8, 4) is 0 Å². The summed E-state index contributed by atoms with van der Waals surface area (Å²) in [6.07, 6.45) is 8.73. The van der Waals surface area contributed by atoms with Gasteiger partial charge < -0.3 is 16.0 Å². The number of hydrogen-bond donors (Lipinski definition) is 3. The van der Waals surface area contributed by atoms with Crippen LogP contribution in [0.4, 0.5) is 0 Å². The summed E-state index contributed by atoms with van der Waals surface area (Å²) < 4.78 is 0. The van der Waals surface area contributed by atoms with Crippen molar-refractivity contribution < 1.29 is 4.79 Å². The number of thiophene rings is 1. The molecule has 0 bridgehead atoms. The molecule has 2 heterocycles. The van der Waals surface area contributed by atoms with Gasteiger partial charge in [-0.1, -0.05) is 32.6 Å². The molecule has 0 aliphatic heterocycles. The SMILES string of the molecule is CCCc1scc(C(=O)NCc2c(C)cc(C)[nH]c2=O)c1C.NC1CCCCC1. The number of rotatable bonds is 5. The van der Waals surface area contributed by atoms with E-state index in [4.69, 9.17) is 5.73 Å². The van der Waals surface area contributed by atoms with E-state index < -0.39 is 0 Å². The summed E-state index contributed by atoms with van der Waals surface area (Å²) in [5.74, 6) is -0.115. The Morgan fingerprint density at radius 3 is 2.48 bits per heavy atom. The first-order chi connectivity index (χ1) is 13.8. The van der Waals surface area contributed by atoms with Gasteiger partial charge in [0.2, 0.25) is 0 Å². The van der Waals surface area contributed by atoms with Crippen LogP contribution in [0.3, 0.4) is 0 Å². The zero-order valence-electron chi connectivity index (χ0n) is 18.2. The summed E-state index contributed by atoms with van der Waals surface area (Å²) in [6.45, 7) is 8.10. The van der Waals surface area contributed by atoms with Gasteiger partial charge in [0.15, 0.2) is 0 Å². The molecule has 1 aliphatic carbocycles. The maximum Gasteiger partial charge on any atom is 0.253 e. The van der Waals surface area contributed by atoms with Gasteiger partial charge in [-0.05, 0) is 57.2 Å². The molecule has 1 aliphatic rings. The second-order valence-corrected chi connectivity index (χ2v) is 8.94. The molecule has 5 nitrogen and oxygen atoms in total. The molecule has 0 saturated heterocycles. The Bertz CT molecular complexity index is 863. The number of nitrogens with one attached hydrogen (secondary N) is 2. The summed E-state index contributed by atoms with van der Waals surface area (Å²) in [4.78, 5) is 28.3. The summed E-state index contributed by atoms with van der Waals surface area (Å²) >= 11 is 1.63. The predicted octanol–water partition coefficient (Wildman–Crippen LogP) is 4.52. The molecule has 0 radical (unpaired) electrons. The number of pyridine rings is 1. The standard InChI is InChI=1S/C17H22N2O2S.C6H13N/c1-5-6-15-12(4)14(9-22-15)16(20)18-8-13-10(2)7-11(3)19-17(13)21;7-6-4-2-1-3-5-6/h7,9H,5-6,8H2,1-4H3,(H,18,20)(H,19,21);6H,1-5,7H2. The monoisotopic (exact) mass is 417 g/mol. The van der Waals surface area contributed by atoms with Crippen molar-refractivity contribution in [1.29, 1.82) is 0 Å². The van der Waals surface area contributed by atoms with Crippen LogP contribution in [0.15, 0.2) is 16.2 Å². The lowest BCUT2D eigenvalue weighted by Gasteiger charge is -2.15. The van der Waals surface area contributed by atoms with Crippen LogP contribution in [0.25, 0.3) is 0 Å². The molecule has 0 spiro atoms. The lowest BCUT2D eigenvalue weighted by atomic mass is 9.97. The minimum Gasteiger partial charge on any atom is -0.348 e. The van der Waals surface area contributed by atoms with Crippen molar-refractivity contribution in [2.45, 2.75) is 85.2 Å². The van der Waals surface area contributed by atoms with Crippen LogP contribution < -0.4 is 16.6 Å². The molecule has 2 aromatic heterocycles. The van der Waals surface area contributed by atoms with E-state index in [-0.39, 0.29) is 18.0 Å². The Hall–Kier alpha value is -1.92. The largest absolute Gasteiger partial charge is 0.348 e. The maximum absolute atomic E-state index is 12.3. The van der Waals surface area contributed by atoms with Crippen LogP contribution in [-0.2, 0) is 13.0 Å². The van der Waals surface area contributed by atoms with Gasteiger partial charge >= 0.3 is 0 Å². The molecule has 0 atom stereocenters. The van der Waals surface area contributed by atoms with Crippen molar-refractivity contribution in [3.05, 3.63) is 54.6 Å². The van der Waals surface area contributed by atoms with E-state index in [0.717, 1.165) is 35.2 Å². The molecule has 4 N–H and O–H groups in total. The Morgan fingerprint density at radius 2 is 1.93 bits per heavy atom. The molecule has 0 unspecified atom stereocenters. The van der Waals surface area contributed by atoms with Gasteiger partial charge in [-0.15, -0.1) is 11.3 Å². The van der Waals surface area contributed by atoms with E-state index >= 15 is 0 Å². The minimum absolute atomic E-state index is 0.115. The Kier molecular flexibility index (Phi) is 9.11. The third-order valence-corrected chi connectivity index (χ3v) is 6.58. The predicted molar refractivity (Wildman–Crippen MR) is 122 cm³/mol. The van der Waals surface area contributed by atoms with Crippen molar-refractivity contribution >= 4 is 17.2 Å². The number of aromatic amines is 1. The summed E-state index contributed by atoms with van der Waals surface area (Å²) in [5.41, 5.74) is 9.61. The molecule has 1 fully saturated rings. The lowest BCUT2D eigenvalue weighted by Crippen LogP contribution is -2.28. The van der Waals surface area contributed by atoms with Gasteiger partial charge in [0.1, 0.15) is 0 Å². The Labute approximate surface area is 178 Å². The highest BCUT2D eigenvalue weighted by atomic mass is 32.1. The van der Waals surface area contributed by atoms with Gasteiger partial charge in [0.05, 0.1) is 5.56 Å². The number of carbonyl (C=O) groups is 1. The molecule has 29 heavy (non-hydrogen) atoms. The summed E-state index contributed by atoms with van der Waals surface area (Å²) in [6, 6.07) is 2.45. The van der Waals surface area contributed by atoms with Gasteiger partial charge in [0, 0.05) is 34.1 Å². The smallest absolute Gasteiger partial charge is 0.253 e. The molecular weight excluding hydrogens is 382 g/mol. The van der Waals surface area contributed by atoms with Crippen molar-refractivity contribution in [1.82, 2.24) is 10.3 Å². The molecule has 2 aromatic rings. The van der Waals surface area contributed by atoms with Gasteiger partial charge in [-0.25, -0.2) is 0 Å². The quantitative estimate of drug-likeness (QED) is 0.668. The number of carbonyl (C=O) groups excluding carboxylic acids is 1. The minimum atomic E-state index is -0.133. The van der Waals surface area contributed by atoms with Crippen molar-refractivity contribution in [3.63, 3.8) is 0 Å². The van der Waals surface area contributed by atoms with Crippen LogP contribution in [0.2, 0.25) is 0 Å². The number of H-pyrrole nitrogens is 1. The normalized spacial score (nSPS) is 14.2. The van der Waals surface area contributed by atoms with E-state index in [2.05, 4.69) is 17.2 Å².